The van der Waals surface area contributed by atoms with Crippen molar-refractivity contribution in [1.29, 1.82) is 0 Å². The first-order valence-corrected chi connectivity index (χ1v) is 10.1. The van der Waals surface area contributed by atoms with Crippen LogP contribution in [0.3, 0.4) is 0 Å². The van der Waals surface area contributed by atoms with Crippen molar-refractivity contribution in [3.05, 3.63) is 42.2 Å². The van der Waals surface area contributed by atoms with Gasteiger partial charge in [-0.25, -0.2) is 9.97 Å². The second kappa shape index (κ2) is 8.47. The minimum absolute atomic E-state index is 0.494. The molecule has 1 saturated heterocycles. The van der Waals surface area contributed by atoms with Gasteiger partial charge in [0.2, 0.25) is 5.75 Å². The molecule has 1 N–H and O–H groups in total. The standard InChI is InChI=1S/C23H27N3O5/c1-28-16-7-5-6-15(12-16)23(27)8-10-26(11-9-23)22-17-13-18(29-2)20(30-3)21(31-4)19(17)24-14-25-22/h5-7,12-14,27H,8-11H2,1-4H3. The van der Waals surface area contributed by atoms with Gasteiger partial charge in [0.05, 0.1) is 39.4 Å². The number of methoxy groups -OCH3 is 4. The number of anilines is 1. The Morgan fingerprint density at radius 2 is 1.65 bits per heavy atom. The van der Waals surface area contributed by atoms with Crippen molar-refractivity contribution in [3.63, 3.8) is 0 Å². The molecule has 31 heavy (non-hydrogen) atoms. The third-order valence-electron chi connectivity index (χ3n) is 5.91. The van der Waals surface area contributed by atoms with Crippen molar-refractivity contribution in [2.24, 2.45) is 0 Å². The number of benzene rings is 2. The molecule has 8 heteroatoms. The van der Waals surface area contributed by atoms with Gasteiger partial charge in [0.25, 0.3) is 0 Å². The van der Waals surface area contributed by atoms with Gasteiger partial charge in [0.15, 0.2) is 11.5 Å². The lowest BCUT2D eigenvalue weighted by Gasteiger charge is -2.39. The van der Waals surface area contributed by atoms with Crippen LogP contribution in [0.15, 0.2) is 36.7 Å². The van der Waals surface area contributed by atoms with E-state index < -0.39 is 5.60 Å². The normalized spacial score (nSPS) is 15.6. The molecule has 2 aromatic carbocycles. The third-order valence-corrected chi connectivity index (χ3v) is 5.91. The van der Waals surface area contributed by atoms with E-state index in [0.29, 0.717) is 48.7 Å². The first kappa shape index (κ1) is 21.0. The van der Waals surface area contributed by atoms with Crippen LogP contribution in [0.1, 0.15) is 18.4 Å². The zero-order valence-corrected chi connectivity index (χ0v) is 18.2. The Bertz CT molecular complexity index is 1080. The predicted octanol–water partition coefficient (Wildman–Crippen LogP) is 3.15. The summed E-state index contributed by atoms with van der Waals surface area (Å²) >= 11 is 0. The fraction of sp³-hybridized carbons (Fsp3) is 0.391. The Balaban J connectivity index is 1.68. The number of nitrogens with zero attached hydrogens (tertiary/aromatic N) is 3. The van der Waals surface area contributed by atoms with Crippen molar-refractivity contribution in [3.8, 4) is 23.0 Å². The largest absolute Gasteiger partial charge is 0.497 e. The van der Waals surface area contributed by atoms with Crippen LogP contribution in [-0.4, -0.2) is 56.6 Å². The van der Waals surface area contributed by atoms with E-state index in [1.54, 1.807) is 28.4 Å². The summed E-state index contributed by atoms with van der Waals surface area (Å²) in [6, 6.07) is 9.50. The molecular weight excluding hydrogens is 398 g/mol. The number of fused-ring (bicyclic) bond motifs is 1. The zero-order valence-electron chi connectivity index (χ0n) is 18.2. The number of aromatic nitrogens is 2. The fourth-order valence-corrected chi connectivity index (χ4v) is 4.19. The first-order chi connectivity index (χ1) is 15.0. The Kier molecular flexibility index (Phi) is 5.73. The van der Waals surface area contributed by atoms with Gasteiger partial charge in [0, 0.05) is 13.1 Å². The summed E-state index contributed by atoms with van der Waals surface area (Å²) in [4.78, 5) is 11.1. The lowest BCUT2D eigenvalue weighted by molar-refractivity contribution is 0.0115. The molecule has 3 aromatic rings. The lowest BCUT2D eigenvalue weighted by Crippen LogP contribution is -2.43. The van der Waals surface area contributed by atoms with E-state index in [1.807, 2.05) is 30.3 Å². The topological polar surface area (TPSA) is 86.2 Å². The predicted molar refractivity (Wildman–Crippen MR) is 118 cm³/mol. The summed E-state index contributed by atoms with van der Waals surface area (Å²) < 4.78 is 21.9. The van der Waals surface area contributed by atoms with Crippen molar-refractivity contribution < 1.29 is 24.1 Å². The van der Waals surface area contributed by atoms with Crippen LogP contribution in [0.2, 0.25) is 0 Å². The molecule has 2 heterocycles. The van der Waals surface area contributed by atoms with Crippen LogP contribution in [0.4, 0.5) is 5.82 Å². The average Bonchev–Trinajstić information content (AvgIpc) is 2.82. The molecule has 0 atom stereocenters. The maximum atomic E-state index is 11.3. The molecule has 1 fully saturated rings. The molecule has 0 bridgehead atoms. The van der Waals surface area contributed by atoms with E-state index in [2.05, 4.69) is 14.9 Å². The molecule has 1 aliphatic rings. The number of hydrogen-bond donors (Lipinski definition) is 1. The Labute approximate surface area is 181 Å². The van der Waals surface area contributed by atoms with Crippen LogP contribution in [-0.2, 0) is 5.60 Å². The van der Waals surface area contributed by atoms with Crippen LogP contribution in [0.5, 0.6) is 23.0 Å². The molecule has 164 valence electrons. The summed E-state index contributed by atoms with van der Waals surface area (Å²) in [5, 5.41) is 12.1. The highest BCUT2D eigenvalue weighted by Crippen LogP contribution is 2.45. The van der Waals surface area contributed by atoms with Gasteiger partial charge < -0.3 is 29.0 Å². The molecule has 1 aliphatic heterocycles. The van der Waals surface area contributed by atoms with Gasteiger partial charge in [-0.2, -0.15) is 0 Å². The molecule has 0 saturated carbocycles. The number of hydrogen-bond acceptors (Lipinski definition) is 8. The molecular formula is C23H27N3O5. The molecule has 0 spiro atoms. The highest BCUT2D eigenvalue weighted by molar-refractivity contribution is 5.97. The van der Waals surface area contributed by atoms with Crippen molar-refractivity contribution in [2.45, 2.75) is 18.4 Å². The van der Waals surface area contributed by atoms with E-state index in [1.165, 1.54) is 6.33 Å². The monoisotopic (exact) mass is 425 g/mol. The molecule has 0 amide bonds. The van der Waals surface area contributed by atoms with Crippen molar-refractivity contribution >= 4 is 16.7 Å². The fourth-order valence-electron chi connectivity index (χ4n) is 4.19. The van der Waals surface area contributed by atoms with Crippen LogP contribution in [0.25, 0.3) is 10.9 Å². The summed E-state index contributed by atoms with van der Waals surface area (Å²) in [6.45, 7) is 1.27. The Hall–Kier alpha value is -3.26. The second-order valence-corrected chi connectivity index (χ2v) is 7.49. The lowest BCUT2D eigenvalue weighted by atomic mass is 9.84. The number of piperidine rings is 1. The first-order valence-electron chi connectivity index (χ1n) is 10.1. The SMILES string of the molecule is COc1cccc(C2(O)CCN(c3ncnc4c(OC)c(OC)c(OC)cc34)CC2)c1. The van der Waals surface area contributed by atoms with E-state index in [0.717, 1.165) is 22.5 Å². The Morgan fingerprint density at radius 3 is 2.29 bits per heavy atom. The van der Waals surface area contributed by atoms with E-state index >= 15 is 0 Å². The smallest absolute Gasteiger partial charge is 0.205 e. The van der Waals surface area contributed by atoms with Crippen LogP contribution < -0.4 is 23.8 Å². The van der Waals surface area contributed by atoms with Gasteiger partial charge in [-0.3, -0.25) is 0 Å². The third kappa shape index (κ3) is 3.67. The van der Waals surface area contributed by atoms with Crippen molar-refractivity contribution in [1.82, 2.24) is 9.97 Å². The molecule has 0 aliphatic carbocycles. The maximum Gasteiger partial charge on any atom is 0.205 e. The minimum atomic E-state index is -0.910. The number of ether oxygens (including phenoxy) is 4. The summed E-state index contributed by atoms with van der Waals surface area (Å²) in [5.74, 6) is 3.06. The quantitative estimate of drug-likeness (QED) is 0.645. The van der Waals surface area contributed by atoms with E-state index in [9.17, 15) is 5.11 Å². The maximum absolute atomic E-state index is 11.3. The zero-order chi connectivity index (χ0) is 22.0. The number of aliphatic hydroxyl groups is 1. The van der Waals surface area contributed by atoms with E-state index in [4.69, 9.17) is 18.9 Å². The molecule has 0 radical (unpaired) electrons. The highest BCUT2D eigenvalue weighted by atomic mass is 16.5. The molecule has 1 aromatic heterocycles. The summed E-state index contributed by atoms with van der Waals surface area (Å²) in [7, 11) is 6.36. The van der Waals surface area contributed by atoms with Gasteiger partial charge in [-0.1, -0.05) is 12.1 Å². The van der Waals surface area contributed by atoms with Gasteiger partial charge in [-0.15, -0.1) is 0 Å². The summed E-state index contributed by atoms with van der Waals surface area (Å²) in [5.41, 5.74) is 0.609. The van der Waals surface area contributed by atoms with Crippen LogP contribution in [0, 0.1) is 0 Å². The molecule has 0 unspecified atom stereocenters. The molecule has 8 nitrogen and oxygen atoms in total. The highest BCUT2D eigenvalue weighted by Gasteiger charge is 2.35. The molecule has 4 rings (SSSR count). The second-order valence-electron chi connectivity index (χ2n) is 7.49. The van der Waals surface area contributed by atoms with Gasteiger partial charge in [0.1, 0.15) is 23.4 Å². The van der Waals surface area contributed by atoms with Crippen molar-refractivity contribution in [2.75, 3.05) is 46.4 Å². The number of rotatable bonds is 6. The minimum Gasteiger partial charge on any atom is -0.497 e. The van der Waals surface area contributed by atoms with Gasteiger partial charge >= 0.3 is 0 Å². The van der Waals surface area contributed by atoms with Gasteiger partial charge in [-0.05, 0) is 36.6 Å². The average molecular weight is 425 g/mol. The summed E-state index contributed by atoms with van der Waals surface area (Å²) in [6.07, 6.45) is 2.65. The van der Waals surface area contributed by atoms with E-state index in [-0.39, 0.29) is 0 Å². The Morgan fingerprint density at radius 1 is 0.903 bits per heavy atom. The van der Waals surface area contributed by atoms with Crippen LogP contribution >= 0.6 is 0 Å².